The lowest BCUT2D eigenvalue weighted by Crippen LogP contribution is -2.36. The average molecular weight is 483 g/mol. The fourth-order valence-corrected chi connectivity index (χ4v) is 4.31. The summed E-state index contributed by atoms with van der Waals surface area (Å²) in [6.07, 6.45) is 3.52. The van der Waals surface area contributed by atoms with Crippen LogP contribution >= 0.6 is 0 Å². The molecule has 5 rings (SSSR count). The number of rotatable bonds is 6. The van der Waals surface area contributed by atoms with E-state index in [-0.39, 0.29) is 11.9 Å². The molecular formula is C28H30N6O2. The Kier molecular flexibility index (Phi) is 6.77. The molecule has 8 heteroatoms. The van der Waals surface area contributed by atoms with Crippen molar-refractivity contribution in [3.63, 3.8) is 0 Å². The SMILES string of the molecule is Cc1cc2nc(NC(C)C)ncc2cc1-c1cccc(NC(=O)c2ccnc(N3CCOCC3)c2)c1. The standard InChI is InChI=1S/C28H30N6O2/c1-18(2)31-28-30-17-22-15-24(19(3)13-25(22)33-28)20-5-4-6-23(14-20)32-27(35)21-7-8-29-26(16-21)34-9-11-36-12-10-34/h4-8,13-18H,9-12H2,1-3H3,(H,32,35)(H,30,31,33). The fraction of sp³-hybridized carbons (Fsp3) is 0.286. The zero-order valence-corrected chi connectivity index (χ0v) is 20.8. The van der Waals surface area contributed by atoms with Crippen LogP contribution in [0.5, 0.6) is 0 Å². The van der Waals surface area contributed by atoms with E-state index in [9.17, 15) is 4.79 Å². The number of carbonyl (C=O) groups excluding carboxylic acids is 1. The zero-order valence-electron chi connectivity index (χ0n) is 20.8. The van der Waals surface area contributed by atoms with Crippen molar-refractivity contribution in [1.82, 2.24) is 15.0 Å². The molecule has 4 aromatic rings. The number of fused-ring (bicyclic) bond motifs is 1. The molecule has 1 saturated heterocycles. The number of aryl methyl sites for hydroxylation is 1. The predicted molar refractivity (Wildman–Crippen MR) is 144 cm³/mol. The highest BCUT2D eigenvalue weighted by Gasteiger charge is 2.15. The molecule has 1 amide bonds. The number of morpholine rings is 1. The van der Waals surface area contributed by atoms with E-state index in [1.54, 1.807) is 12.3 Å². The van der Waals surface area contributed by atoms with Crippen molar-refractivity contribution in [1.29, 1.82) is 0 Å². The predicted octanol–water partition coefficient (Wildman–Crippen LogP) is 4.91. The van der Waals surface area contributed by atoms with Crippen molar-refractivity contribution in [3.8, 4) is 11.1 Å². The molecule has 0 unspecified atom stereocenters. The first-order valence-corrected chi connectivity index (χ1v) is 12.2. The lowest BCUT2D eigenvalue weighted by molar-refractivity contribution is 0.102. The lowest BCUT2D eigenvalue weighted by Gasteiger charge is -2.27. The fourth-order valence-electron chi connectivity index (χ4n) is 4.31. The highest BCUT2D eigenvalue weighted by Crippen LogP contribution is 2.30. The zero-order chi connectivity index (χ0) is 25.1. The maximum absolute atomic E-state index is 13.0. The number of nitrogens with zero attached hydrogens (tertiary/aromatic N) is 4. The van der Waals surface area contributed by atoms with Crippen molar-refractivity contribution in [3.05, 3.63) is 72.1 Å². The summed E-state index contributed by atoms with van der Waals surface area (Å²) in [4.78, 5) is 28.7. The van der Waals surface area contributed by atoms with E-state index in [0.29, 0.717) is 24.7 Å². The number of benzene rings is 2. The second kappa shape index (κ2) is 10.3. The number of aromatic nitrogens is 3. The molecule has 0 atom stereocenters. The number of amides is 1. The first-order valence-electron chi connectivity index (χ1n) is 12.2. The van der Waals surface area contributed by atoms with Gasteiger partial charge in [-0.1, -0.05) is 12.1 Å². The molecule has 3 heterocycles. The minimum atomic E-state index is -0.169. The van der Waals surface area contributed by atoms with Crippen LogP contribution in [0.25, 0.3) is 22.0 Å². The molecule has 184 valence electrons. The van der Waals surface area contributed by atoms with Gasteiger partial charge in [0.15, 0.2) is 0 Å². The number of carbonyl (C=O) groups is 1. The van der Waals surface area contributed by atoms with Crippen molar-refractivity contribution >= 4 is 34.3 Å². The third-order valence-corrected chi connectivity index (χ3v) is 6.12. The Morgan fingerprint density at radius 3 is 2.69 bits per heavy atom. The first-order chi connectivity index (χ1) is 17.5. The molecule has 0 radical (unpaired) electrons. The Bertz CT molecular complexity index is 1400. The molecule has 8 nitrogen and oxygen atoms in total. The second-order valence-corrected chi connectivity index (χ2v) is 9.26. The van der Waals surface area contributed by atoms with Gasteiger partial charge in [0.1, 0.15) is 5.82 Å². The van der Waals surface area contributed by atoms with Crippen LogP contribution in [-0.4, -0.2) is 53.2 Å². The van der Waals surface area contributed by atoms with Crippen LogP contribution in [0.15, 0.2) is 60.9 Å². The second-order valence-electron chi connectivity index (χ2n) is 9.26. The maximum Gasteiger partial charge on any atom is 0.255 e. The number of nitrogens with one attached hydrogen (secondary N) is 2. The molecule has 2 N–H and O–H groups in total. The Balaban J connectivity index is 1.37. The van der Waals surface area contributed by atoms with Crippen LogP contribution in [0, 0.1) is 6.92 Å². The maximum atomic E-state index is 13.0. The third kappa shape index (κ3) is 5.28. The molecule has 2 aromatic heterocycles. The average Bonchev–Trinajstić information content (AvgIpc) is 2.88. The smallest absolute Gasteiger partial charge is 0.255 e. The van der Waals surface area contributed by atoms with Crippen LogP contribution in [0.3, 0.4) is 0 Å². The summed E-state index contributed by atoms with van der Waals surface area (Å²) in [7, 11) is 0. The van der Waals surface area contributed by atoms with Crippen LogP contribution in [0.4, 0.5) is 17.5 Å². The van der Waals surface area contributed by atoms with E-state index >= 15 is 0 Å². The summed E-state index contributed by atoms with van der Waals surface area (Å²) in [5, 5.41) is 7.25. The quantitative estimate of drug-likeness (QED) is 0.403. The van der Waals surface area contributed by atoms with Gasteiger partial charge >= 0.3 is 0 Å². The van der Waals surface area contributed by atoms with Crippen molar-refractivity contribution < 1.29 is 9.53 Å². The summed E-state index contributed by atoms with van der Waals surface area (Å²) in [5.41, 5.74) is 5.39. The van der Waals surface area contributed by atoms with Crippen LogP contribution in [-0.2, 0) is 4.74 Å². The van der Waals surface area contributed by atoms with Crippen molar-refractivity contribution in [2.24, 2.45) is 0 Å². The normalized spacial score (nSPS) is 13.7. The molecule has 0 aliphatic carbocycles. The summed E-state index contributed by atoms with van der Waals surface area (Å²) in [6, 6.07) is 15.9. The molecule has 36 heavy (non-hydrogen) atoms. The van der Waals surface area contributed by atoms with E-state index in [4.69, 9.17) is 4.74 Å². The van der Waals surface area contributed by atoms with Gasteiger partial charge in [-0.05, 0) is 73.9 Å². The summed E-state index contributed by atoms with van der Waals surface area (Å²) in [6.45, 7) is 9.07. The number of hydrogen-bond acceptors (Lipinski definition) is 7. The monoisotopic (exact) mass is 482 g/mol. The largest absolute Gasteiger partial charge is 0.378 e. The van der Waals surface area contributed by atoms with E-state index in [0.717, 1.165) is 52.2 Å². The van der Waals surface area contributed by atoms with E-state index < -0.39 is 0 Å². The first kappa shape index (κ1) is 23.7. The number of hydrogen-bond donors (Lipinski definition) is 2. The summed E-state index contributed by atoms with van der Waals surface area (Å²) < 4.78 is 5.42. The molecule has 0 bridgehead atoms. The number of pyridine rings is 1. The summed E-state index contributed by atoms with van der Waals surface area (Å²) >= 11 is 0. The topological polar surface area (TPSA) is 92.3 Å². The van der Waals surface area contributed by atoms with Crippen molar-refractivity contribution in [2.45, 2.75) is 26.8 Å². The lowest BCUT2D eigenvalue weighted by atomic mass is 9.98. The highest BCUT2D eigenvalue weighted by molar-refractivity contribution is 6.05. The van der Waals surface area contributed by atoms with Crippen molar-refractivity contribution in [2.75, 3.05) is 41.8 Å². The molecule has 1 aliphatic rings. The number of ether oxygens (including phenoxy) is 1. The van der Waals surface area contributed by atoms with Gasteiger partial charge in [0.25, 0.3) is 5.91 Å². The molecule has 1 fully saturated rings. The van der Waals surface area contributed by atoms with Gasteiger partial charge in [-0.25, -0.2) is 15.0 Å². The van der Waals surface area contributed by atoms with Gasteiger partial charge in [0.2, 0.25) is 5.95 Å². The van der Waals surface area contributed by atoms with Crippen LogP contribution < -0.4 is 15.5 Å². The van der Waals surface area contributed by atoms with Gasteiger partial charge in [-0.3, -0.25) is 4.79 Å². The third-order valence-electron chi connectivity index (χ3n) is 6.12. The molecule has 0 saturated carbocycles. The molecule has 0 spiro atoms. The van der Waals surface area contributed by atoms with E-state index in [2.05, 4.69) is 63.4 Å². The highest BCUT2D eigenvalue weighted by atomic mass is 16.5. The minimum Gasteiger partial charge on any atom is -0.378 e. The minimum absolute atomic E-state index is 0.169. The Morgan fingerprint density at radius 2 is 1.89 bits per heavy atom. The van der Waals surface area contributed by atoms with E-state index in [1.807, 2.05) is 36.5 Å². The van der Waals surface area contributed by atoms with Crippen LogP contribution in [0.1, 0.15) is 29.8 Å². The Hall–Kier alpha value is -4.04. The van der Waals surface area contributed by atoms with E-state index in [1.165, 1.54) is 0 Å². The summed E-state index contributed by atoms with van der Waals surface area (Å²) in [5.74, 6) is 1.25. The Morgan fingerprint density at radius 1 is 1.06 bits per heavy atom. The van der Waals surface area contributed by atoms with Gasteiger partial charge in [-0.2, -0.15) is 0 Å². The molecule has 1 aliphatic heterocycles. The van der Waals surface area contributed by atoms with Crippen LogP contribution in [0.2, 0.25) is 0 Å². The molecule has 2 aromatic carbocycles. The number of anilines is 3. The van der Waals surface area contributed by atoms with Gasteiger partial charge in [-0.15, -0.1) is 0 Å². The molecular weight excluding hydrogens is 452 g/mol. The van der Waals surface area contributed by atoms with Gasteiger partial charge in [0.05, 0.1) is 18.7 Å². The van der Waals surface area contributed by atoms with Gasteiger partial charge < -0.3 is 20.3 Å². The Labute approximate surface area is 210 Å². The van der Waals surface area contributed by atoms with Gasteiger partial charge in [0, 0.05) is 48.2 Å².